The molecule has 0 bridgehead atoms. The summed E-state index contributed by atoms with van der Waals surface area (Å²) in [5.41, 5.74) is 1.40. The van der Waals surface area contributed by atoms with Crippen LogP contribution in [0.25, 0.3) is 21.7 Å². The lowest BCUT2D eigenvalue weighted by atomic mass is 10.1. The number of hydrogen-bond acceptors (Lipinski definition) is 2. The minimum Gasteiger partial charge on any atom is -0.352 e. The van der Waals surface area contributed by atoms with Crippen molar-refractivity contribution in [2.45, 2.75) is 19.9 Å². The third-order valence-corrected chi connectivity index (χ3v) is 3.94. The minimum absolute atomic E-state index is 0.0348. The number of H-pyrrole nitrogens is 1. The molecular formula is C19H21N3O2. The molecule has 0 spiro atoms. The highest BCUT2D eigenvalue weighted by molar-refractivity contribution is 6.10. The number of nitrogens with zero attached hydrogens (tertiary/aromatic N) is 1. The number of rotatable bonds is 4. The van der Waals surface area contributed by atoms with Crippen molar-refractivity contribution in [2.75, 3.05) is 13.6 Å². The molecule has 2 N–H and O–H groups in total. The number of carbonyl (C=O) groups excluding carboxylic acids is 2. The minimum atomic E-state index is -0.200. The van der Waals surface area contributed by atoms with Gasteiger partial charge in [0, 0.05) is 24.0 Å². The van der Waals surface area contributed by atoms with Crippen molar-refractivity contribution in [2.24, 2.45) is 0 Å². The van der Waals surface area contributed by atoms with E-state index in [1.165, 1.54) is 4.90 Å². The number of aromatic nitrogens is 1. The van der Waals surface area contributed by atoms with E-state index in [-0.39, 0.29) is 24.4 Å². The molecule has 1 aromatic heterocycles. The van der Waals surface area contributed by atoms with Gasteiger partial charge in [0.25, 0.3) is 5.91 Å². The van der Waals surface area contributed by atoms with Crippen LogP contribution in [0.5, 0.6) is 0 Å². The molecule has 0 aliphatic rings. The number of likely N-dealkylation sites (N-methyl/N-ethyl adjacent to an activating group) is 1. The summed E-state index contributed by atoms with van der Waals surface area (Å²) in [5.74, 6) is -0.364. The summed E-state index contributed by atoms with van der Waals surface area (Å²) in [5, 5.41) is 6.03. The van der Waals surface area contributed by atoms with Crippen LogP contribution in [0.4, 0.5) is 0 Å². The van der Waals surface area contributed by atoms with Crippen LogP contribution in [0.2, 0.25) is 0 Å². The number of carbonyl (C=O) groups is 2. The fourth-order valence-electron chi connectivity index (χ4n) is 2.86. The van der Waals surface area contributed by atoms with E-state index in [9.17, 15) is 9.59 Å². The van der Waals surface area contributed by atoms with Gasteiger partial charge in [0.15, 0.2) is 0 Å². The van der Waals surface area contributed by atoms with Crippen molar-refractivity contribution in [3.8, 4) is 0 Å². The molecule has 0 unspecified atom stereocenters. The zero-order valence-electron chi connectivity index (χ0n) is 14.1. The Morgan fingerprint density at radius 3 is 2.62 bits per heavy atom. The van der Waals surface area contributed by atoms with E-state index in [1.54, 1.807) is 7.05 Å². The lowest BCUT2D eigenvalue weighted by Crippen LogP contribution is -2.40. The summed E-state index contributed by atoms with van der Waals surface area (Å²) in [6.45, 7) is 3.82. The van der Waals surface area contributed by atoms with Gasteiger partial charge in [0.2, 0.25) is 5.91 Å². The van der Waals surface area contributed by atoms with Crippen molar-refractivity contribution < 1.29 is 9.59 Å². The molecule has 0 atom stereocenters. The summed E-state index contributed by atoms with van der Waals surface area (Å²) in [6, 6.07) is 14.0. The number of benzene rings is 2. The Morgan fingerprint density at radius 1 is 1.12 bits per heavy atom. The van der Waals surface area contributed by atoms with Crippen LogP contribution >= 0.6 is 0 Å². The number of fused-ring (bicyclic) bond motifs is 3. The van der Waals surface area contributed by atoms with Gasteiger partial charge >= 0.3 is 0 Å². The molecule has 124 valence electrons. The largest absolute Gasteiger partial charge is 0.352 e. The monoisotopic (exact) mass is 323 g/mol. The average Bonchev–Trinajstić information content (AvgIpc) is 2.97. The average molecular weight is 323 g/mol. The maximum Gasteiger partial charge on any atom is 0.270 e. The molecule has 5 heteroatoms. The van der Waals surface area contributed by atoms with Gasteiger partial charge in [-0.1, -0.05) is 30.3 Å². The predicted molar refractivity (Wildman–Crippen MR) is 96.0 cm³/mol. The summed E-state index contributed by atoms with van der Waals surface area (Å²) >= 11 is 0. The summed E-state index contributed by atoms with van der Waals surface area (Å²) < 4.78 is 0. The summed E-state index contributed by atoms with van der Waals surface area (Å²) in [4.78, 5) is 29.0. The van der Waals surface area contributed by atoms with E-state index in [0.29, 0.717) is 5.69 Å². The molecule has 0 aliphatic heterocycles. The lowest BCUT2D eigenvalue weighted by Gasteiger charge is -2.17. The zero-order chi connectivity index (χ0) is 17.3. The molecule has 0 saturated carbocycles. The van der Waals surface area contributed by atoms with Crippen LogP contribution in [0.1, 0.15) is 24.3 Å². The predicted octanol–water partition coefficient (Wildman–Crippen LogP) is 2.92. The van der Waals surface area contributed by atoms with Crippen molar-refractivity contribution in [3.05, 3.63) is 48.2 Å². The maximum absolute atomic E-state index is 12.6. The fraction of sp³-hybridized carbons (Fsp3) is 0.263. The molecule has 2 amide bonds. The van der Waals surface area contributed by atoms with Crippen LogP contribution in [0, 0.1) is 0 Å². The van der Waals surface area contributed by atoms with Crippen molar-refractivity contribution in [1.29, 1.82) is 0 Å². The van der Waals surface area contributed by atoms with E-state index in [4.69, 9.17) is 0 Å². The smallest absolute Gasteiger partial charge is 0.270 e. The van der Waals surface area contributed by atoms with E-state index < -0.39 is 0 Å². The van der Waals surface area contributed by atoms with Crippen LogP contribution in [0.15, 0.2) is 42.5 Å². The second kappa shape index (κ2) is 6.35. The number of nitrogens with one attached hydrogen (secondary N) is 2. The summed E-state index contributed by atoms with van der Waals surface area (Å²) in [7, 11) is 1.63. The highest BCUT2D eigenvalue weighted by Crippen LogP contribution is 2.26. The van der Waals surface area contributed by atoms with E-state index in [1.807, 2.05) is 56.3 Å². The van der Waals surface area contributed by atoms with Gasteiger partial charge in [-0.15, -0.1) is 0 Å². The second-order valence-corrected chi connectivity index (χ2v) is 6.31. The molecule has 0 fully saturated rings. The van der Waals surface area contributed by atoms with Gasteiger partial charge in [-0.2, -0.15) is 0 Å². The van der Waals surface area contributed by atoms with Crippen molar-refractivity contribution in [1.82, 2.24) is 15.2 Å². The Morgan fingerprint density at radius 2 is 1.88 bits per heavy atom. The fourth-order valence-corrected chi connectivity index (χ4v) is 2.86. The maximum atomic E-state index is 12.6. The molecule has 2 aromatic carbocycles. The first-order valence-electron chi connectivity index (χ1n) is 8.01. The standard InChI is InChI=1S/C19H21N3O2/c1-12(2)20-18(23)11-22(3)19(24)17-10-15-14-7-5-4-6-13(14)8-9-16(15)21-17/h4-10,12,21H,11H2,1-3H3,(H,20,23). The van der Waals surface area contributed by atoms with Crippen LogP contribution in [-0.2, 0) is 4.79 Å². The molecule has 3 aromatic rings. The quantitative estimate of drug-likeness (QED) is 0.775. The van der Waals surface area contributed by atoms with Gasteiger partial charge in [0.05, 0.1) is 6.54 Å². The third kappa shape index (κ3) is 3.11. The zero-order valence-corrected chi connectivity index (χ0v) is 14.1. The Labute approximate surface area is 140 Å². The Bertz CT molecular complexity index is 911. The van der Waals surface area contributed by atoms with E-state index in [0.717, 1.165) is 21.7 Å². The molecule has 0 aliphatic carbocycles. The first-order valence-corrected chi connectivity index (χ1v) is 8.01. The van der Waals surface area contributed by atoms with Gasteiger partial charge in [-0.3, -0.25) is 9.59 Å². The third-order valence-electron chi connectivity index (χ3n) is 3.94. The molecule has 5 nitrogen and oxygen atoms in total. The lowest BCUT2D eigenvalue weighted by molar-refractivity contribution is -0.122. The highest BCUT2D eigenvalue weighted by Gasteiger charge is 2.18. The van der Waals surface area contributed by atoms with Crippen LogP contribution in [-0.4, -0.2) is 41.3 Å². The second-order valence-electron chi connectivity index (χ2n) is 6.31. The van der Waals surface area contributed by atoms with Crippen LogP contribution in [0.3, 0.4) is 0 Å². The topological polar surface area (TPSA) is 65.2 Å². The highest BCUT2D eigenvalue weighted by atomic mass is 16.2. The first kappa shape index (κ1) is 16.1. The van der Waals surface area contributed by atoms with Crippen LogP contribution < -0.4 is 5.32 Å². The Balaban J connectivity index is 1.87. The number of hydrogen-bond donors (Lipinski definition) is 2. The molecule has 0 radical (unpaired) electrons. The molecule has 1 heterocycles. The molecule has 3 rings (SSSR count). The Hall–Kier alpha value is -2.82. The molecule has 0 saturated heterocycles. The first-order chi connectivity index (χ1) is 11.5. The van der Waals surface area contributed by atoms with Crippen molar-refractivity contribution in [3.63, 3.8) is 0 Å². The van der Waals surface area contributed by atoms with Gasteiger partial charge in [0.1, 0.15) is 5.69 Å². The van der Waals surface area contributed by atoms with E-state index in [2.05, 4.69) is 10.3 Å². The normalized spacial score (nSPS) is 11.2. The Kier molecular flexibility index (Phi) is 4.25. The molecular weight excluding hydrogens is 302 g/mol. The number of aromatic amines is 1. The summed E-state index contributed by atoms with van der Waals surface area (Å²) in [6.07, 6.45) is 0. The van der Waals surface area contributed by atoms with Gasteiger partial charge in [-0.05, 0) is 36.8 Å². The number of amides is 2. The SMILES string of the molecule is CC(C)NC(=O)CN(C)C(=O)c1cc2c(ccc3ccccc32)[nH]1. The van der Waals surface area contributed by atoms with Gasteiger partial charge in [-0.25, -0.2) is 0 Å². The van der Waals surface area contributed by atoms with Crippen molar-refractivity contribution >= 4 is 33.5 Å². The molecule has 24 heavy (non-hydrogen) atoms. The van der Waals surface area contributed by atoms with Gasteiger partial charge < -0.3 is 15.2 Å². The van der Waals surface area contributed by atoms with E-state index >= 15 is 0 Å².